The first kappa shape index (κ1) is 69.1. The average Bonchev–Trinajstić information content (AvgIpc) is 3.34. The van der Waals surface area contributed by atoms with Gasteiger partial charge in [-0.1, -0.05) is 67.9 Å². The predicted molar refractivity (Wildman–Crippen MR) is 293 cm³/mol. The van der Waals surface area contributed by atoms with Crippen LogP contribution in [0.1, 0.15) is 94.9 Å². The summed E-state index contributed by atoms with van der Waals surface area (Å²) in [5, 5.41) is 42.9. The molecule has 1 aromatic rings. The number of carboxylic acids is 1. The van der Waals surface area contributed by atoms with Gasteiger partial charge in [0, 0.05) is 56.4 Å². The Morgan fingerprint density at radius 2 is 1.51 bits per heavy atom. The monoisotopic (exact) mass is 1180 g/mol. The number of esters is 5. The van der Waals surface area contributed by atoms with E-state index >= 15 is 0 Å². The Kier molecular flexibility index (Phi) is 30.1. The van der Waals surface area contributed by atoms with Crippen LogP contribution in [0, 0.1) is 22.2 Å². The van der Waals surface area contributed by atoms with E-state index in [1.165, 1.54) is 47.2 Å². The predicted octanol–water partition coefficient (Wildman–Crippen LogP) is 4.65. The van der Waals surface area contributed by atoms with Crippen molar-refractivity contribution in [1.29, 1.82) is 5.26 Å². The summed E-state index contributed by atoms with van der Waals surface area (Å²) in [6.07, 6.45) is -10.2. The molecule has 0 aliphatic carbocycles. The molecule has 1 aliphatic rings. The van der Waals surface area contributed by atoms with Gasteiger partial charge < -0.3 is 58.5 Å². The van der Waals surface area contributed by atoms with Crippen LogP contribution in [0.5, 0.6) is 0 Å². The Labute approximate surface area is 471 Å². The number of aliphatic carboxylic acids is 1. The van der Waals surface area contributed by atoms with Gasteiger partial charge in [0.15, 0.2) is 30.4 Å². The number of amides is 1. The molecule has 0 bridgehead atoms. The van der Waals surface area contributed by atoms with Gasteiger partial charge in [-0.15, -0.1) is 11.8 Å². The summed E-state index contributed by atoms with van der Waals surface area (Å²) in [7, 11) is 2.73. The summed E-state index contributed by atoms with van der Waals surface area (Å²) in [6, 6.07) is 7.68. The Morgan fingerprint density at radius 1 is 0.883 bits per heavy atom. The molecule has 0 saturated carbocycles. The highest BCUT2D eigenvalue weighted by Crippen LogP contribution is 2.48. The minimum atomic E-state index is -1.90. The quantitative estimate of drug-likeness (QED) is 0.0182. The lowest BCUT2D eigenvalue weighted by molar-refractivity contribution is -0.314. The van der Waals surface area contributed by atoms with Gasteiger partial charge in [-0.2, -0.15) is 5.26 Å². The lowest BCUT2D eigenvalue weighted by atomic mass is 9.43. The largest absolute Gasteiger partial charge is 0.481 e. The number of nitrogens with one attached hydrogen (secondary N) is 1. The van der Waals surface area contributed by atoms with E-state index in [4.69, 9.17) is 50.1 Å². The van der Waals surface area contributed by atoms with Gasteiger partial charge in [0.2, 0.25) is 5.91 Å². The summed E-state index contributed by atoms with van der Waals surface area (Å²) in [5.74, 6) is -5.59. The number of aromatic nitrogens is 1. The highest BCUT2D eigenvalue weighted by Gasteiger charge is 2.55. The van der Waals surface area contributed by atoms with Crippen molar-refractivity contribution in [2.75, 3.05) is 51.1 Å². The van der Waals surface area contributed by atoms with Crippen LogP contribution in [0.3, 0.4) is 0 Å². The lowest BCUT2D eigenvalue weighted by Crippen LogP contribution is -2.65. The minimum Gasteiger partial charge on any atom is -0.481 e. The van der Waals surface area contributed by atoms with Crippen molar-refractivity contribution in [2.24, 2.45) is 10.8 Å². The van der Waals surface area contributed by atoms with Crippen LogP contribution >= 0.6 is 57.3 Å². The number of thiocarbonyl (C=S) groups is 1. The number of nitrogens with zero attached hydrogens (tertiary/aromatic N) is 2. The number of hydrogen-bond donors (Lipinski definition) is 4. The Hall–Kier alpha value is -4.05. The molecule has 2 heterocycles. The summed E-state index contributed by atoms with van der Waals surface area (Å²) in [6.45, 7) is 12.6. The number of thioether (sulfide) groups is 2. The van der Waals surface area contributed by atoms with Crippen molar-refractivity contribution >= 4 is 116 Å². The normalized spacial score (nSPS) is 21.1. The fraction of sp³-hybridized carbons (Fsp3) is 0.694. The third kappa shape index (κ3) is 24.1. The number of nitriles is 1. The minimum absolute atomic E-state index is 0.0262. The smallest absolute Gasteiger partial charge is 0.322 e. The van der Waals surface area contributed by atoms with Crippen molar-refractivity contribution in [3.63, 3.8) is 0 Å². The number of carbonyl (C=O) groups excluding carboxylic acids is 7. The molecule has 430 valence electrons. The lowest BCUT2D eigenvalue weighted by Gasteiger charge is -2.45. The molecule has 6 unspecified atom stereocenters. The van der Waals surface area contributed by atoms with Crippen molar-refractivity contribution in [3.05, 3.63) is 24.4 Å². The number of aliphatic hydroxyl groups is 2. The molecule has 1 fully saturated rings. The molecule has 28 heteroatoms. The molecule has 11 atom stereocenters. The second-order valence-electron chi connectivity index (χ2n) is 19.2. The van der Waals surface area contributed by atoms with E-state index in [1.54, 1.807) is 33.0 Å². The Bertz CT molecular complexity index is 2220. The van der Waals surface area contributed by atoms with E-state index in [1.807, 2.05) is 19.1 Å². The molecule has 1 saturated heterocycles. The van der Waals surface area contributed by atoms with E-state index in [-0.39, 0.29) is 78.9 Å². The van der Waals surface area contributed by atoms with Gasteiger partial charge in [0.05, 0.1) is 37.4 Å². The van der Waals surface area contributed by atoms with Crippen molar-refractivity contribution in [1.82, 2.24) is 10.3 Å². The Morgan fingerprint density at radius 3 is 2.08 bits per heavy atom. The maximum absolute atomic E-state index is 14.4. The van der Waals surface area contributed by atoms with Crippen LogP contribution in [-0.4, -0.2) is 177 Å². The van der Waals surface area contributed by atoms with Crippen molar-refractivity contribution in [2.45, 2.75) is 159 Å². The average molecular weight is 1180 g/mol. The molecular formula is C49H72BN3O19S5. The summed E-state index contributed by atoms with van der Waals surface area (Å²) >= 11 is 8.08. The van der Waals surface area contributed by atoms with Crippen molar-refractivity contribution < 1.29 is 91.6 Å². The topological polar surface area (TPSA) is 320 Å². The van der Waals surface area contributed by atoms with Crippen LogP contribution in [0.2, 0.25) is 11.6 Å². The fourth-order valence-corrected chi connectivity index (χ4v) is 13.0. The third-order valence-corrected chi connectivity index (χ3v) is 16.7. The molecule has 2 rings (SSSR count). The van der Waals surface area contributed by atoms with Gasteiger partial charge in [-0.3, -0.25) is 38.4 Å². The zero-order valence-corrected chi connectivity index (χ0v) is 49.1. The van der Waals surface area contributed by atoms with E-state index in [0.717, 1.165) is 44.5 Å². The number of carboxylic acid groups (broad SMARTS) is 1. The first-order valence-corrected chi connectivity index (χ1v) is 29.1. The SMILES string of the molecule is CCSC(=S)SC(C)(CC(C)(CBC(C)(CC(C)(C#N)CCC(=O)O)C(=O)OCCOCCO[C@@H]1O[C@H](C(O)C(C)=O)[C@H](OC(C)=O)[C@H](OC(C)=O)[C@H]1OC(C)=O)C(=O)NCC(C)O)C(=O)OCCSSc1ccccn1. The molecule has 1 amide bonds. The maximum Gasteiger partial charge on any atom is 0.322 e. The fourth-order valence-electron chi connectivity index (χ4n) is 8.14. The Balaban J connectivity index is 2.39. The molecule has 77 heavy (non-hydrogen) atoms. The number of hydrogen-bond acceptors (Lipinski definition) is 25. The van der Waals surface area contributed by atoms with Gasteiger partial charge >= 0.3 is 35.8 Å². The van der Waals surface area contributed by atoms with Crippen molar-refractivity contribution in [3.8, 4) is 6.07 Å². The van der Waals surface area contributed by atoms with Crippen LogP contribution in [-0.2, 0) is 76.3 Å². The van der Waals surface area contributed by atoms with E-state index < -0.39 is 111 Å². The number of aliphatic hydroxyl groups excluding tert-OH is 2. The number of rotatable bonds is 34. The van der Waals surface area contributed by atoms with Crippen LogP contribution in [0.25, 0.3) is 0 Å². The molecule has 1 aliphatic heterocycles. The number of Topliss-reactive ketones (excluding diaryl/α,β-unsaturated/α-hetero) is 1. The van der Waals surface area contributed by atoms with Gasteiger partial charge in [-0.05, 0) is 75.6 Å². The summed E-state index contributed by atoms with van der Waals surface area (Å²) in [5.41, 5.74) is -2.85. The van der Waals surface area contributed by atoms with Crippen LogP contribution in [0.15, 0.2) is 29.4 Å². The zero-order chi connectivity index (χ0) is 58.1. The highest BCUT2D eigenvalue weighted by atomic mass is 33.1. The van der Waals surface area contributed by atoms with E-state index in [9.17, 15) is 58.9 Å². The molecule has 22 nitrogen and oxygen atoms in total. The molecule has 0 radical (unpaired) electrons. The van der Waals surface area contributed by atoms with E-state index in [2.05, 4.69) is 16.4 Å². The van der Waals surface area contributed by atoms with Gasteiger partial charge in [0.25, 0.3) is 0 Å². The number of pyridine rings is 1. The molecular weight excluding hydrogens is 1110 g/mol. The standard InChI is InChI=1S/C49H72BN3O19S5/c1-11-74-45(73)76-49(10,44(64)68-22-23-75-77-34-14-12-13-17-52-34)26-47(8,42(62)53-24-29(2)54)27-50-48(9,25-46(7,28-51)16-15-35(59)60)43(63)67-21-19-65-18-20-66-41-40(71-33(6)58)39(70-32(5)57)38(69-31(4)56)37(72-41)36(61)30(3)55/h12-14,17,29,36-41,50,54,61H,11,15-16,18-27H2,1-10H3,(H,53,62)(H,59,60)/t29?,36?,37-,38+,39+,40-,41-,46?,47?,48?,49?/m1/s1. The van der Waals surface area contributed by atoms with Crippen LogP contribution < -0.4 is 5.32 Å². The summed E-state index contributed by atoms with van der Waals surface area (Å²) < 4.78 is 43.9. The number of ether oxygens (including phenoxy) is 8. The third-order valence-electron chi connectivity index (χ3n) is 11.8. The second-order valence-corrected chi connectivity index (χ2v) is 25.6. The summed E-state index contributed by atoms with van der Waals surface area (Å²) in [4.78, 5) is 108. The zero-order valence-electron chi connectivity index (χ0n) is 45.1. The second kappa shape index (κ2) is 33.5. The first-order chi connectivity index (χ1) is 36.0. The highest BCUT2D eigenvalue weighted by molar-refractivity contribution is 8.76. The maximum atomic E-state index is 14.4. The van der Waals surface area contributed by atoms with Gasteiger partial charge in [0.1, 0.15) is 46.0 Å². The molecule has 0 aromatic carbocycles. The molecule has 4 N–H and O–H groups in total. The molecule has 0 spiro atoms. The number of carbonyl (C=O) groups is 8. The first-order valence-electron chi connectivity index (χ1n) is 24.6. The number of ketones is 1. The van der Waals surface area contributed by atoms with E-state index in [0.29, 0.717) is 15.0 Å². The molecule has 1 aromatic heterocycles. The van der Waals surface area contributed by atoms with Crippen LogP contribution in [0.4, 0.5) is 0 Å². The van der Waals surface area contributed by atoms with Gasteiger partial charge in [-0.25, -0.2) is 4.98 Å².